The van der Waals surface area contributed by atoms with E-state index < -0.39 is 10.0 Å². The van der Waals surface area contributed by atoms with Gasteiger partial charge in [-0.1, -0.05) is 12.1 Å². The van der Waals surface area contributed by atoms with Crippen LogP contribution in [-0.2, 0) is 21.4 Å². The summed E-state index contributed by atoms with van der Waals surface area (Å²) in [6, 6.07) is 14.8. The Morgan fingerprint density at radius 2 is 1.81 bits per heavy atom. The molecule has 0 atom stereocenters. The Bertz CT molecular complexity index is 1100. The Morgan fingerprint density at radius 3 is 2.42 bits per heavy atom. The number of amides is 2. The van der Waals surface area contributed by atoms with Crippen molar-refractivity contribution in [2.24, 2.45) is 5.92 Å². The van der Waals surface area contributed by atoms with Crippen LogP contribution in [0.15, 0.2) is 53.4 Å². The number of benzene rings is 2. The second kappa shape index (κ2) is 9.73. The van der Waals surface area contributed by atoms with E-state index in [9.17, 15) is 18.0 Å². The summed E-state index contributed by atoms with van der Waals surface area (Å²) in [7, 11) is -2.09. The smallest absolute Gasteiger partial charge is 0.251 e. The molecule has 0 spiro atoms. The average Bonchev–Trinajstić information content (AvgIpc) is 2.82. The molecular formula is C22H24N4O4S. The van der Waals surface area contributed by atoms with Crippen molar-refractivity contribution in [3.63, 3.8) is 0 Å². The van der Waals surface area contributed by atoms with Gasteiger partial charge in [0.25, 0.3) is 5.91 Å². The van der Waals surface area contributed by atoms with Crippen LogP contribution in [0.2, 0.25) is 0 Å². The molecule has 2 N–H and O–H groups in total. The van der Waals surface area contributed by atoms with E-state index in [2.05, 4.69) is 10.6 Å². The minimum atomic E-state index is -3.65. The number of carbonyl (C=O) groups excluding carboxylic acids is 2. The van der Waals surface area contributed by atoms with E-state index in [0.717, 1.165) is 5.56 Å². The minimum Gasteiger partial charge on any atom is -0.355 e. The molecule has 0 unspecified atom stereocenters. The van der Waals surface area contributed by atoms with Crippen LogP contribution in [0.1, 0.15) is 34.3 Å². The summed E-state index contributed by atoms with van der Waals surface area (Å²) < 4.78 is 27.0. The van der Waals surface area contributed by atoms with Crippen molar-refractivity contribution in [2.45, 2.75) is 24.3 Å². The number of sulfonamides is 1. The van der Waals surface area contributed by atoms with E-state index >= 15 is 0 Å². The first-order chi connectivity index (χ1) is 14.8. The van der Waals surface area contributed by atoms with Crippen LogP contribution < -0.4 is 10.6 Å². The van der Waals surface area contributed by atoms with Gasteiger partial charge in [-0.3, -0.25) is 9.59 Å². The van der Waals surface area contributed by atoms with Gasteiger partial charge in [-0.15, -0.1) is 0 Å². The molecule has 1 aliphatic heterocycles. The molecule has 1 heterocycles. The third-order valence-corrected chi connectivity index (χ3v) is 7.24. The van der Waals surface area contributed by atoms with Crippen molar-refractivity contribution >= 4 is 21.8 Å². The first-order valence-electron chi connectivity index (χ1n) is 9.94. The van der Waals surface area contributed by atoms with Gasteiger partial charge in [0.15, 0.2) is 0 Å². The van der Waals surface area contributed by atoms with Crippen molar-refractivity contribution in [3.8, 4) is 6.07 Å². The van der Waals surface area contributed by atoms with E-state index in [-0.39, 0.29) is 35.7 Å². The molecule has 3 rings (SSSR count). The fraction of sp³-hybridized carbons (Fsp3) is 0.318. The van der Waals surface area contributed by atoms with Crippen LogP contribution >= 0.6 is 0 Å². The summed E-state index contributed by atoms with van der Waals surface area (Å²) in [4.78, 5) is 24.4. The molecule has 0 aromatic heterocycles. The lowest BCUT2D eigenvalue weighted by molar-refractivity contribution is -0.126. The van der Waals surface area contributed by atoms with Crippen molar-refractivity contribution in [3.05, 3.63) is 65.2 Å². The quantitative estimate of drug-likeness (QED) is 0.708. The Hall–Kier alpha value is -3.22. The zero-order valence-electron chi connectivity index (χ0n) is 17.2. The highest BCUT2D eigenvalue weighted by atomic mass is 32.2. The first kappa shape index (κ1) is 22.5. The molecule has 2 amide bonds. The second-order valence-electron chi connectivity index (χ2n) is 7.31. The van der Waals surface area contributed by atoms with Crippen molar-refractivity contribution < 1.29 is 18.0 Å². The largest absolute Gasteiger partial charge is 0.355 e. The second-order valence-corrected chi connectivity index (χ2v) is 9.25. The van der Waals surface area contributed by atoms with E-state index in [1.807, 2.05) is 12.1 Å². The third-order valence-electron chi connectivity index (χ3n) is 5.33. The normalized spacial score (nSPS) is 15.1. The number of nitrogens with one attached hydrogen (secondary N) is 2. The highest BCUT2D eigenvalue weighted by Gasteiger charge is 2.32. The van der Waals surface area contributed by atoms with Gasteiger partial charge in [0, 0.05) is 38.2 Å². The molecule has 2 aromatic carbocycles. The predicted molar refractivity (Wildman–Crippen MR) is 114 cm³/mol. The van der Waals surface area contributed by atoms with Gasteiger partial charge in [0.05, 0.1) is 16.5 Å². The summed E-state index contributed by atoms with van der Waals surface area (Å²) in [5.41, 5.74) is 1.74. The summed E-state index contributed by atoms with van der Waals surface area (Å²) in [6.07, 6.45) is 0.860. The lowest BCUT2D eigenvalue weighted by Gasteiger charge is -2.30. The lowest BCUT2D eigenvalue weighted by atomic mass is 9.97. The fourth-order valence-electron chi connectivity index (χ4n) is 3.51. The number of hydrogen-bond acceptors (Lipinski definition) is 5. The average molecular weight is 441 g/mol. The van der Waals surface area contributed by atoms with E-state index in [1.165, 1.54) is 28.6 Å². The van der Waals surface area contributed by atoms with Gasteiger partial charge in [-0.2, -0.15) is 9.57 Å². The Morgan fingerprint density at radius 1 is 1.13 bits per heavy atom. The monoisotopic (exact) mass is 440 g/mol. The number of nitriles is 1. The van der Waals surface area contributed by atoms with Gasteiger partial charge in [-0.05, 0) is 54.8 Å². The highest BCUT2D eigenvalue weighted by Crippen LogP contribution is 2.24. The zero-order chi connectivity index (χ0) is 22.4. The SMILES string of the molecule is CNC(=O)c1cccc(CNC(=O)C2CCN(S(=O)(=O)c3ccc(C#N)cc3)CC2)c1. The third kappa shape index (κ3) is 5.29. The predicted octanol–water partition coefficient (Wildman–Crippen LogP) is 1.63. The van der Waals surface area contributed by atoms with E-state index in [1.54, 1.807) is 25.2 Å². The molecule has 0 saturated carbocycles. The van der Waals surface area contributed by atoms with Gasteiger partial charge in [0.2, 0.25) is 15.9 Å². The molecule has 1 fully saturated rings. The van der Waals surface area contributed by atoms with Crippen LogP contribution in [0.25, 0.3) is 0 Å². The standard InChI is InChI=1S/C22H24N4O4S/c1-24-21(27)19-4-2-3-17(13-19)15-25-22(28)18-9-11-26(12-10-18)31(29,30)20-7-5-16(14-23)6-8-20/h2-8,13,18H,9-12,15H2,1H3,(H,24,27)(H,25,28). The molecule has 1 aliphatic rings. The topological polar surface area (TPSA) is 119 Å². The van der Waals surface area contributed by atoms with E-state index in [0.29, 0.717) is 30.5 Å². The summed E-state index contributed by atoms with van der Waals surface area (Å²) >= 11 is 0. The molecule has 2 aromatic rings. The van der Waals surface area contributed by atoms with Crippen molar-refractivity contribution in [1.82, 2.24) is 14.9 Å². The summed E-state index contributed by atoms with van der Waals surface area (Å²) in [5, 5.41) is 14.3. The number of hydrogen-bond donors (Lipinski definition) is 2. The summed E-state index contributed by atoms with van der Waals surface area (Å²) in [5.74, 6) is -0.584. The first-order valence-corrected chi connectivity index (χ1v) is 11.4. The Labute approximate surface area is 181 Å². The number of carbonyl (C=O) groups is 2. The lowest BCUT2D eigenvalue weighted by Crippen LogP contribution is -2.42. The van der Waals surface area contributed by atoms with Crippen molar-refractivity contribution in [1.29, 1.82) is 5.26 Å². The molecule has 0 bridgehead atoms. The maximum atomic E-state index is 12.8. The van der Waals surface area contributed by atoms with Gasteiger partial charge < -0.3 is 10.6 Å². The fourth-order valence-corrected chi connectivity index (χ4v) is 4.98. The molecule has 9 heteroatoms. The molecule has 162 valence electrons. The number of rotatable bonds is 6. The molecular weight excluding hydrogens is 416 g/mol. The van der Waals surface area contributed by atoms with Crippen LogP contribution in [-0.4, -0.2) is 44.7 Å². The van der Waals surface area contributed by atoms with Crippen LogP contribution in [0, 0.1) is 17.2 Å². The summed E-state index contributed by atoms with van der Waals surface area (Å²) in [6.45, 7) is 0.812. The molecule has 0 radical (unpaired) electrons. The molecule has 0 aliphatic carbocycles. The van der Waals surface area contributed by atoms with Gasteiger partial charge >= 0.3 is 0 Å². The van der Waals surface area contributed by atoms with Crippen LogP contribution in [0.5, 0.6) is 0 Å². The van der Waals surface area contributed by atoms with Crippen LogP contribution in [0.4, 0.5) is 0 Å². The van der Waals surface area contributed by atoms with Gasteiger partial charge in [-0.25, -0.2) is 8.42 Å². The van der Waals surface area contributed by atoms with Crippen LogP contribution in [0.3, 0.4) is 0 Å². The molecule has 31 heavy (non-hydrogen) atoms. The maximum absolute atomic E-state index is 12.8. The van der Waals surface area contributed by atoms with Gasteiger partial charge in [0.1, 0.15) is 0 Å². The molecule has 1 saturated heterocycles. The number of piperidine rings is 1. The zero-order valence-corrected chi connectivity index (χ0v) is 18.0. The molecule has 8 nitrogen and oxygen atoms in total. The Kier molecular flexibility index (Phi) is 7.05. The number of nitrogens with zero attached hydrogens (tertiary/aromatic N) is 2. The Balaban J connectivity index is 1.55. The maximum Gasteiger partial charge on any atom is 0.251 e. The highest BCUT2D eigenvalue weighted by molar-refractivity contribution is 7.89. The van der Waals surface area contributed by atoms with Crippen molar-refractivity contribution in [2.75, 3.05) is 20.1 Å². The van der Waals surface area contributed by atoms with E-state index in [4.69, 9.17) is 5.26 Å². The minimum absolute atomic E-state index is 0.124.